The lowest BCUT2D eigenvalue weighted by Gasteiger charge is -2.12. The molecule has 0 saturated carbocycles. The van der Waals surface area contributed by atoms with Crippen molar-refractivity contribution in [3.8, 4) is 143 Å². The van der Waals surface area contributed by atoms with Crippen molar-refractivity contribution in [3.05, 3.63) is 180 Å². The predicted molar refractivity (Wildman–Crippen MR) is 348 cm³/mol. The van der Waals surface area contributed by atoms with Crippen LogP contribution in [-0.2, 0) is 0 Å². The highest BCUT2D eigenvalue weighted by Gasteiger charge is 2.25. The molecule has 0 bridgehead atoms. The number of ether oxygens (including phenoxy) is 5. The predicted octanol–water partition coefficient (Wildman–Crippen LogP) is 12.3. The van der Waals surface area contributed by atoms with E-state index in [1.807, 2.05) is 6.92 Å². The van der Waals surface area contributed by atoms with Crippen LogP contribution in [0.2, 0.25) is 0 Å². The van der Waals surface area contributed by atoms with Crippen LogP contribution >= 0.6 is 0 Å². The molecule has 0 aliphatic carbocycles. The maximum absolute atomic E-state index is 12.8. The van der Waals surface area contributed by atoms with Gasteiger partial charge in [0, 0.05) is 70.8 Å². The number of phenols is 12. The molecule has 95 heavy (non-hydrogen) atoms. The summed E-state index contributed by atoms with van der Waals surface area (Å²) in [5.41, 5.74) is -0.0947. The number of hydrogen-bond acceptors (Lipinski definition) is 25. The molecule has 12 rings (SSSR count). The Kier molecular flexibility index (Phi) is 20.0. The minimum Gasteiger partial charge on any atom is -0.508 e. The van der Waals surface area contributed by atoms with Crippen molar-refractivity contribution in [2.45, 2.75) is 34.1 Å². The highest BCUT2D eigenvalue weighted by molar-refractivity contribution is 5.92. The highest BCUT2D eigenvalue weighted by Crippen LogP contribution is 2.42. The van der Waals surface area contributed by atoms with E-state index in [9.17, 15) is 80.5 Å². The molecular weight excluding hydrogens is 1240 g/mol. The molecule has 12 aromatic rings. The molecule has 4 aromatic heterocycles. The Labute approximate surface area is 535 Å². The average molecular weight is 1300 g/mol. The van der Waals surface area contributed by atoms with Gasteiger partial charge in [0.25, 0.3) is 0 Å². The lowest BCUT2D eigenvalue weighted by atomic mass is 10.1. The molecule has 0 atom stereocenters. The van der Waals surface area contributed by atoms with Gasteiger partial charge in [-0.1, -0.05) is 6.92 Å². The third-order valence-corrected chi connectivity index (χ3v) is 13.8. The summed E-state index contributed by atoms with van der Waals surface area (Å²) >= 11 is 0. The summed E-state index contributed by atoms with van der Waals surface area (Å²) in [6.07, 6.45) is 0.689. The molecule has 0 saturated heterocycles. The van der Waals surface area contributed by atoms with Crippen LogP contribution < -0.4 is 45.4 Å². The number of hydrogen-bond donors (Lipinski definition) is 12. The summed E-state index contributed by atoms with van der Waals surface area (Å²) in [5.74, 6) is -1.99. The van der Waals surface area contributed by atoms with E-state index >= 15 is 0 Å². The van der Waals surface area contributed by atoms with Crippen LogP contribution in [0.25, 0.3) is 89.2 Å². The summed E-state index contributed by atoms with van der Waals surface area (Å²) < 4.78 is 49.7. The van der Waals surface area contributed by atoms with Crippen molar-refractivity contribution in [2.75, 3.05) is 33.5 Å². The number of benzene rings is 8. The van der Waals surface area contributed by atoms with Gasteiger partial charge in [0.1, 0.15) is 107 Å². The normalized spacial score (nSPS) is 10.8. The Balaban J connectivity index is 0.000000149. The molecule has 25 nitrogen and oxygen atoms in total. The summed E-state index contributed by atoms with van der Waals surface area (Å²) in [4.78, 5) is 50.8. The summed E-state index contributed by atoms with van der Waals surface area (Å²) in [6, 6.07) is 32.2. The van der Waals surface area contributed by atoms with Crippen LogP contribution in [0, 0.1) is 0 Å². The Morgan fingerprint density at radius 2 is 0.589 bits per heavy atom. The molecule has 0 unspecified atom stereocenters. The van der Waals surface area contributed by atoms with Gasteiger partial charge in [-0.15, -0.1) is 0 Å². The molecule has 8 aromatic carbocycles. The first-order valence-electron chi connectivity index (χ1n) is 28.9. The highest BCUT2D eigenvalue weighted by atomic mass is 16.5. The third-order valence-electron chi connectivity index (χ3n) is 13.8. The van der Waals surface area contributed by atoms with E-state index in [0.29, 0.717) is 35.5 Å². The van der Waals surface area contributed by atoms with Crippen molar-refractivity contribution >= 4 is 43.9 Å². The molecule has 0 spiro atoms. The SMILES string of the molecule is CCCOc1c(-c2ccc(O)cc2)oc2cc(O)cc(O)c2c1=O.CCOc1c(-c2ccc(O)c(O)c2)oc2cc(O)cc(O)c2c1=O.CCOc1c(-c2ccc(O)cc2)oc2cc(O)cc(O)c2c1=O.CCOc1c(-c2ccc(OC)cc2)oc2cc(O)cc(O)c2c1=O. The Hall–Kier alpha value is -12.8. The number of methoxy groups -OCH3 is 1. The van der Waals surface area contributed by atoms with Gasteiger partial charge in [-0.3, -0.25) is 19.2 Å². The van der Waals surface area contributed by atoms with Gasteiger partial charge in [0.15, 0.2) is 34.5 Å². The van der Waals surface area contributed by atoms with Crippen molar-refractivity contribution < 1.29 is 103 Å². The number of aromatic hydroxyl groups is 12. The quantitative estimate of drug-likeness (QED) is 0.0450. The van der Waals surface area contributed by atoms with E-state index < -0.39 is 33.2 Å². The van der Waals surface area contributed by atoms with Crippen LogP contribution in [0.3, 0.4) is 0 Å². The fourth-order valence-corrected chi connectivity index (χ4v) is 9.63. The number of phenolic OH excluding ortho intramolecular Hbond substituents is 12. The van der Waals surface area contributed by atoms with Crippen LogP contribution in [0.4, 0.5) is 0 Å². The van der Waals surface area contributed by atoms with Gasteiger partial charge in [-0.25, -0.2) is 0 Å². The van der Waals surface area contributed by atoms with Crippen molar-refractivity contribution in [1.82, 2.24) is 0 Å². The zero-order chi connectivity index (χ0) is 68.5. The van der Waals surface area contributed by atoms with Crippen LogP contribution in [0.15, 0.2) is 176 Å². The van der Waals surface area contributed by atoms with E-state index in [1.54, 1.807) is 76.4 Å². The van der Waals surface area contributed by atoms with Gasteiger partial charge in [-0.2, -0.15) is 0 Å². The molecule has 0 aliphatic rings. The fourth-order valence-electron chi connectivity index (χ4n) is 9.63. The van der Waals surface area contributed by atoms with E-state index in [1.165, 1.54) is 66.7 Å². The van der Waals surface area contributed by atoms with Crippen molar-refractivity contribution in [3.63, 3.8) is 0 Å². The summed E-state index contributed by atoms with van der Waals surface area (Å²) in [5, 5.41) is 116. The molecule has 490 valence electrons. The lowest BCUT2D eigenvalue weighted by Crippen LogP contribution is -2.11. The van der Waals surface area contributed by atoms with Crippen molar-refractivity contribution in [2.24, 2.45) is 0 Å². The second kappa shape index (κ2) is 28.6. The molecule has 0 fully saturated rings. The smallest absolute Gasteiger partial charge is 0.239 e. The van der Waals surface area contributed by atoms with E-state index in [2.05, 4.69) is 0 Å². The molecule has 0 aliphatic heterocycles. The maximum atomic E-state index is 12.8. The minimum atomic E-state index is -0.613. The molecule has 0 amide bonds. The first-order valence-corrected chi connectivity index (χ1v) is 28.9. The van der Waals surface area contributed by atoms with Crippen molar-refractivity contribution in [1.29, 1.82) is 0 Å². The molecule has 12 N–H and O–H groups in total. The number of fused-ring (bicyclic) bond motifs is 4. The minimum absolute atomic E-state index is 0.00894. The van der Waals surface area contributed by atoms with Gasteiger partial charge >= 0.3 is 0 Å². The van der Waals surface area contributed by atoms with Gasteiger partial charge in [-0.05, 0) is 118 Å². The molecule has 25 heteroatoms. The van der Waals surface area contributed by atoms with E-state index in [0.717, 1.165) is 24.3 Å². The molecule has 4 heterocycles. The van der Waals surface area contributed by atoms with Crippen LogP contribution in [0.1, 0.15) is 34.1 Å². The van der Waals surface area contributed by atoms with E-state index in [4.69, 9.17) is 41.4 Å². The van der Waals surface area contributed by atoms with E-state index in [-0.39, 0.29) is 173 Å². The standard InChI is InChI=1S/2C18H16O6.C17H14O7.C17H14O6/c1-3-23-18-16(21)15-13(20)8-11(19)9-14(15)24-17(18)10-4-6-12(22-2)7-5-10;1-2-7-23-18-16(22)15-13(21)8-12(20)9-14(15)24-17(18)10-3-5-11(19)6-4-10;1-2-23-17-15(22)14-12(21)6-9(18)7-13(14)24-16(17)8-3-4-10(19)11(20)5-8;1-2-22-17-15(21)14-12(20)7-11(19)8-13(14)23-16(17)9-3-5-10(18)6-4-9/h4-9,19-20H,3H2,1-2H3;3-6,8-9,19-21H,2,7H2,1H3;3-7,18-21H,2H2,1H3;3-8,18-20H,2H2,1H3. The maximum Gasteiger partial charge on any atom is 0.239 e. The topological polar surface area (TPSA) is 410 Å². The Morgan fingerprint density at radius 1 is 0.305 bits per heavy atom. The molecular formula is C70H60O25. The monoisotopic (exact) mass is 1300 g/mol. The first-order chi connectivity index (χ1) is 45.5. The van der Waals surface area contributed by atoms with Gasteiger partial charge < -0.3 is 103 Å². The fraction of sp³-hybridized carbons (Fsp3) is 0.143. The van der Waals surface area contributed by atoms with Gasteiger partial charge in [0.2, 0.25) is 44.7 Å². The van der Waals surface area contributed by atoms with Crippen LogP contribution in [-0.4, -0.2) is 94.8 Å². The average Bonchev–Trinajstić information content (AvgIpc) is 0.793. The lowest BCUT2D eigenvalue weighted by molar-refractivity contribution is 0.308. The Bertz CT molecular complexity index is 5030. The second-order valence-electron chi connectivity index (χ2n) is 20.4. The third kappa shape index (κ3) is 14.2. The largest absolute Gasteiger partial charge is 0.508 e. The summed E-state index contributed by atoms with van der Waals surface area (Å²) in [7, 11) is 1.56. The Morgan fingerprint density at radius 3 is 0.874 bits per heavy atom. The summed E-state index contributed by atoms with van der Waals surface area (Å²) in [6.45, 7) is 8.03. The zero-order valence-electron chi connectivity index (χ0n) is 51.0. The second-order valence-corrected chi connectivity index (χ2v) is 20.4. The molecule has 0 radical (unpaired) electrons. The number of rotatable bonds is 14. The van der Waals surface area contributed by atoms with Crippen LogP contribution in [0.5, 0.6) is 97.7 Å². The van der Waals surface area contributed by atoms with Gasteiger partial charge in [0.05, 0.1) is 33.5 Å². The first kappa shape index (κ1) is 66.6. The zero-order valence-corrected chi connectivity index (χ0v) is 51.0.